The molecule has 0 radical (unpaired) electrons. The molecule has 0 atom stereocenters. The Kier molecular flexibility index (Phi) is 3.10. The molecule has 0 unspecified atom stereocenters. The van der Waals surface area contributed by atoms with Crippen LogP contribution in [0.1, 0.15) is 6.92 Å². The van der Waals surface area contributed by atoms with Gasteiger partial charge in [0.2, 0.25) is 0 Å². The van der Waals surface area contributed by atoms with Crippen molar-refractivity contribution in [3.63, 3.8) is 0 Å². The lowest BCUT2D eigenvalue weighted by atomic mass is 10.3. The summed E-state index contributed by atoms with van der Waals surface area (Å²) < 4.78 is 7.89. The summed E-state index contributed by atoms with van der Waals surface area (Å²) in [7, 11) is 1.81. The number of esters is 1. The molecule has 2 rings (SSSR count). The maximum absolute atomic E-state index is 12.2. The lowest BCUT2D eigenvalue weighted by Gasteiger charge is -2.06. The van der Waals surface area contributed by atoms with Crippen LogP contribution in [-0.4, -0.2) is 21.7 Å². The summed E-state index contributed by atoms with van der Waals surface area (Å²) in [5.74, 6) is -0.437. The highest BCUT2D eigenvalue weighted by atomic mass is 16.5. The second-order valence-corrected chi connectivity index (χ2v) is 4.01. The van der Waals surface area contributed by atoms with E-state index in [4.69, 9.17) is 10.5 Å². The number of carbonyl (C=O) groups is 1. The number of hydrogen-bond donors (Lipinski definition) is 1. The summed E-state index contributed by atoms with van der Waals surface area (Å²) in [6.45, 7) is 1.92. The predicted molar refractivity (Wildman–Crippen MR) is 68.2 cm³/mol. The van der Waals surface area contributed by atoms with Crippen molar-refractivity contribution in [2.24, 2.45) is 7.05 Å². The minimum Gasteiger partial charge on any atom is -0.465 e. The van der Waals surface area contributed by atoms with E-state index in [0.29, 0.717) is 17.7 Å². The summed E-state index contributed by atoms with van der Waals surface area (Å²) in [5.41, 5.74) is 6.67. The zero-order valence-corrected chi connectivity index (χ0v) is 10.3. The van der Waals surface area contributed by atoms with Crippen molar-refractivity contribution in [3.8, 4) is 0 Å². The van der Waals surface area contributed by atoms with Gasteiger partial charge in [0.05, 0.1) is 23.2 Å². The zero-order valence-electron chi connectivity index (χ0n) is 10.3. The minimum absolute atomic E-state index is 0.100. The van der Waals surface area contributed by atoms with Crippen molar-refractivity contribution in [2.75, 3.05) is 12.3 Å². The minimum atomic E-state index is -0.437. The van der Waals surface area contributed by atoms with Gasteiger partial charge in [-0.05, 0) is 13.0 Å². The van der Waals surface area contributed by atoms with Gasteiger partial charge in [0.25, 0.3) is 5.56 Å². The van der Waals surface area contributed by atoms with Crippen LogP contribution in [-0.2, 0) is 23.1 Å². The van der Waals surface area contributed by atoms with Crippen molar-refractivity contribution in [1.82, 2.24) is 9.13 Å². The molecule has 6 heteroatoms. The van der Waals surface area contributed by atoms with E-state index >= 15 is 0 Å². The van der Waals surface area contributed by atoms with Crippen LogP contribution >= 0.6 is 0 Å². The molecule has 0 saturated carbocycles. The molecule has 2 aromatic rings. The SMILES string of the molecule is CCOC(=O)Cn1ccc2c(c(N)cn2C)c1=O. The van der Waals surface area contributed by atoms with Gasteiger partial charge in [0.15, 0.2) is 0 Å². The van der Waals surface area contributed by atoms with Crippen molar-refractivity contribution in [2.45, 2.75) is 13.5 Å². The third-order valence-corrected chi connectivity index (χ3v) is 2.75. The van der Waals surface area contributed by atoms with Crippen molar-refractivity contribution in [1.29, 1.82) is 0 Å². The van der Waals surface area contributed by atoms with E-state index in [1.807, 2.05) is 7.05 Å². The van der Waals surface area contributed by atoms with Crippen LogP contribution in [0.4, 0.5) is 5.69 Å². The van der Waals surface area contributed by atoms with Crippen LogP contribution < -0.4 is 11.3 Å². The Balaban J connectivity index is 2.48. The summed E-state index contributed by atoms with van der Waals surface area (Å²) in [6.07, 6.45) is 3.25. The normalized spacial score (nSPS) is 10.8. The number of ether oxygens (including phenoxy) is 1. The highest BCUT2D eigenvalue weighted by molar-refractivity contribution is 5.91. The van der Waals surface area contributed by atoms with E-state index in [-0.39, 0.29) is 12.1 Å². The van der Waals surface area contributed by atoms with E-state index in [2.05, 4.69) is 0 Å². The quantitative estimate of drug-likeness (QED) is 0.803. The van der Waals surface area contributed by atoms with Gasteiger partial charge >= 0.3 is 5.97 Å². The number of nitrogens with zero attached hydrogens (tertiary/aromatic N) is 2. The van der Waals surface area contributed by atoms with Crippen LogP contribution in [0.3, 0.4) is 0 Å². The topological polar surface area (TPSA) is 79.2 Å². The van der Waals surface area contributed by atoms with Crippen LogP contribution in [0.2, 0.25) is 0 Å². The third-order valence-electron chi connectivity index (χ3n) is 2.75. The fourth-order valence-corrected chi connectivity index (χ4v) is 1.94. The van der Waals surface area contributed by atoms with Crippen LogP contribution in [0.25, 0.3) is 10.9 Å². The van der Waals surface area contributed by atoms with Gasteiger partial charge in [0.1, 0.15) is 6.54 Å². The third kappa shape index (κ3) is 1.97. The molecule has 0 amide bonds. The molecule has 0 aliphatic heterocycles. The summed E-state index contributed by atoms with van der Waals surface area (Å²) in [6, 6.07) is 1.76. The number of nitrogens with two attached hydrogens (primary N) is 1. The average molecular weight is 249 g/mol. The molecular weight excluding hydrogens is 234 g/mol. The molecular formula is C12H15N3O3. The number of aryl methyl sites for hydroxylation is 1. The highest BCUT2D eigenvalue weighted by Gasteiger charge is 2.12. The Morgan fingerprint density at radius 1 is 1.50 bits per heavy atom. The number of nitrogen functional groups attached to an aromatic ring is 1. The molecule has 18 heavy (non-hydrogen) atoms. The molecule has 0 saturated heterocycles. The first-order chi connectivity index (χ1) is 8.54. The Bertz CT molecular complexity index is 654. The Morgan fingerprint density at radius 2 is 2.22 bits per heavy atom. The molecule has 2 heterocycles. The molecule has 6 nitrogen and oxygen atoms in total. The Morgan fingerprint density at radius 3 is 2.89 bits per heavy atom. The smallest absolute Gasteiger partial charge is 0.326 e. The Labute approximate surface area is 104 Å². The van der Waals surface area contributed by atoms with Gasteiger partial charge in [0, 0.05) is 19.4 Å². The van der Waals surface area contributed by atoms with Gasteiger partial charge < -0.3 is 19.6 Å². The maximum atomic E-state index is 12.2. The number of rotatable bonds is 3. The van der Waals surface area contributed by atoms with E-state index in [0.717, 1.165) is 5.52 Å². The van der Waals surface area contributed by atoms with Crippen molar-refractivity contribution >= 4 is 22.6 Å². The number of pyridine rings is 1. The van der Waals surface area contributed by atoms with Gasteiger partial charge in [-0.2, -0.15) is 0 Å². The standard InChI is InChI=1S/C12H15N3O3/c1-3-18-10(16)7-15-5-4-9-11(12(15)17)8(13)6-14(9)2/h4-6H,3,7,13H2,1-2H3. The van der Waals surface area contributed by atoms with Crippen LogP contribution in [0, 0.1) is 0 Å². The highest BCUT2D eigenvalue weighted by Crippen LogP contribution is 2.18. The number of fused-ring (bicyclic) bond motifs is 1. The molecule has 0 spiro atoms. The molecule has 0 aliphatic carbocycles. The molecule has 0 fully saturated rings. The van der Waals surface area contributed by atoms with E-state index < -0.39 is 5.97 Å². The second-order valence-electron chi connectivity index (χ2n) is 4.01. The van der Waals surface area contributed by atoms with Crippen LogP contribution in [0.5, 0.6) is 0 Å². The molecule has 0 aromatic carbocycles. The largest absolute Gasteiger partial charge is 0.465 e. The fraction of sp³-hybridized carbons (Fsp3) is 0.333. The monoisotopic (exact) mass is 249 g/mol. The number of aromatic nitrogens is 2. The van der Waals surface area contributed by atoms with E-state index in [1.165, 1.54) is 4.57 Å². The summed E-state index contributed by atoms with van der Waals surface area (Å²) in [5, 5.41) is 0.435. The molecule has 0 aliphatic rings. The lowest BCUT2D eigenvalue weighted by molar-refractivity contribution is -0.143. The first-order valence-electron chi connectivity index (χ1n) is 5.64. The van der Waals surface area contributed by atoms with Gasteiger partial charge in [-0.3, -0.25) is 9.59 Å². The summed E-state index contributed by atoms with van der Waals surface area (Å²) >= 11 is 0. The first kappa shape index (κ1) is 12.2. The predicted octanol–water partition coefficient (Wildman–Crippen LogP) is 0.485. The van der Waals surface area contributed by atoms with Crippen molar-refractivity contribution in [3.05, 3.63) is 28.8 Å². The molecule has 96 valence electrons. The molecule has 2 aromatic heterocycles. The maximum Gasteiger partial charge on any atom is 0.326 e. The summed E-state index contributed by atoms with van der Waals surface area (Å²) in [4.78, 5) is 23.5. The lowest BCUT2D eigenvalue weighted by Crippen LogP contribution is -2.25. The number of carbonyl (C=O) groups excluding carboxylic acids is 1. The molecule has 0 bridgehead atoms. The van der Waals surface area contributed by atoms with E-state index in [1.54, 1.807) is 30.0 Å². The van der Waals surface area contributed by atoms with Gasteiger partial charge in [-0.1, -0.05) is 0 Å². The second kappa shape index (κ2) is 4.56. The number of anilines is 1. The van der Waals surface area contributed by atoms with Crippen LogP contribution in [0.15, 0.2) is 23.3 Å². The first-order valence-corrected chi connectivity index (χ1v) is 5.64. The van der Waals surface area contributed by atoms with E-state index in [9.17, 15) is 9.59 Å². The number of hydrogen-bond acceptors (Lipinski definition) is 4. The zero-order chi connectivity index (χ0) is 13.3. The fourth-order valence-electron chi connectivity index (χ4n) is 1.94. The average Bonchev–Trinajstić information content (AvgIpc) is 2.59. The van der Waals surface area contributed by atoms with Gasteiger partial charge in [-0.25, -0.2) is 0 Å². The van der Waals surface area contributed by atoms with Gasteiger partial charge in [-0.15, -0.1) is 0 Å². The Hall–Kier alpha value is -2.24. The van der Waals surface area contributed by atoms with Crippen molar-refractivity contribution < 1.29 is 9.53 Å². The molecule has 2 N–H and O–H groups in total.